The van der Waals surface area contributed by atoms with Crippen LogP contribution in [0, 0.1) is 0 Å². The van der Waals surface area contributed by atoms with Gasteiger partial charge in [0.1, 0.15) is 12.0 Å². The van der Waals surface area contributed by atoms with E-state index in [0.717, 1.165) is 10.7 Å². The van der Waals surface area contributed by atoms with Crippen molar-refractivity contribution in [1.82, 2.24) is 0 Å². The van der Waals surface area contributed by atoms with Gasteiger partial charge in [0.05, 0.1) is 9.80 Å². The molecule has 1 heterocycles. The average Bonchev–Trinajstić information content (AvgIpc) is 2.39. The van der Waals surface area contributed by atoms with Gasteiger partial charge in [0.2, 0.25) is 0 Å². The highest BCUT2D eigenvalue weighted by molar-refractivity contribution is 8.08. The van der Waals surface area contributed by atoms with Gasteiger partial charge in [-0.3, -0.25) is 0 Å². The molecule has 0 atom stereocenters. The van der Waals surface area contributed by atoms with Gasteiger partial charge in [-0.1, -0.05) is 54.2 Å². The van der Waals surface area contributed by atoms with Crippen LogP contribution in [0.4, 0.5) is 0 Å². The van der Waals surface area contributed by atoms with Crippen LogP contribution >= 0.6 is 11.8 Å². The third kappa shape index (κ3) is 1.72. The summed E-state index contributed by atoms with van der Waals surface area (Å²) in [5.74, 6) is 0.937. The Bertz CT molecular complexity index is 531. The molecule has 1 aliphatic heterocycles. The largest absolute Gasteiger partial charge is 0.463 e. The Kier molecular flexibility index (Phi) is 2.43. The molecule has 0 aliphatic carbocycles. The number of thioether (sulfide) groups is 1. The highest BCUT2D eigenvalue weighted by Gasteiger charge is 2.13. The fourth-order valence-corrected chi connectivity index (χ4v) is 2.57. The molecule has 16 heavy (non-hydrogen) atoms. The van der Waals surface area contributed by atoms with E-state index < -0.39 is 0 Å². The van der Waals surface area contributed by atoms with Gasteiger partial charge in [-0.05, 0) is 17.7 Å². The topological polar surface area (TPSA) is 9.23 Å². The van der Waals surface area contributed by atoms with Crippen LogP contribution in [0.1, 0.15) is 5.56 Å². The van der Waals surface area contributed by atoms with Crippen molar-refractivity contribution in [3.63, 3.8) is 0 Å². The van der Waals surface area contributed by atoms with Crippen LogP contribution in [0.5, 0.6) is 5.75 Å². The molecule has 2 aromatic rings. The van der Waals surface area contributed by atoms with E-state index in [0.29, 0.717) is 0 Å². The van der Waals surface area contributed by atoms with Crippen LogP contribution in [0.2, 0.25) is 0 Å². The smallest absolute Gasteiger partial charge is 0.140 e. The lowest BCUT2D eigenvalue weighted by atomic mass is 10.2. The summed E-state index contributed by atoms with van der Waals surface area (Å²) in [5.41, 5.74) is 1.20. The number of para-hydroxylation sites is 1. The molecule has 0 saturated carbocycles. The molecule has 1 nitrogen and oxygen atoms in total. The average molecular weight is 226 g/mol. The molecule has 0 bridgehead atoms. The van der Waals surface area contributed by atoms with Crippen LogP contribution < -0.4 is 4.74 Å². The van der Waals surface area contributed by atoms with Gasteiger partial charge in [0.25, 0.3) is 0 Å². The van der Waals surface area contributed by atoms with Crippen molar-refractivity contribution in [2.45, 2.75) is 4.90 Å². The molecular weight excluding hydrogens is 216 g/mol. The van der Waals surface area contributed by atoms with E-state index in [4.69, 9.17) is 4.74 Å². The lowest BCUT2D eigenvalue weighted by Crippen LogP contribution is -1.93. The summed E-state index contributed by atoms with van der Waals surface area (Å²) in [7, 11) is 0. The number of hydrogen-bond acceptors (Lipinski definition) is 2. The molecular formula is C14H10OS. The van der Waals surface area contributed by atoms with E-state index in [1.54, 1.807) is 11.8 Å². The number of hydrogen-bond donors (Lipinski definition) is 0. The van der Waals surface area contributed by atoms with Crippen molar-refractivity contribution >= 4 is 16.7 Å². The van der Waals surface area contributed by atoms with Gasteiger partial charge in [0.15, 0.2) is 0 Å². The van der Waals surface area contributed by atoms with E-state index in [-0.39, 0.29) is 0 Å². The molecule has 3 rings (SSSR count). The predicted molar refractivity (Wildman–Crippen MR) is 67.3 cm³/mol. The van der Waals surface area contributed by atoms with Crippen molar-refractivity contribution in [3.8, 4) is 5.75 Å². The van der Waals surface area contributed by atoms with Gasteiger partial charge in [-0.15, -0.1) is 0 Å². The lowest BCUT2D eigenvalue weighted by Gasteiger charge is -2.16. The zero-order valence-corrected chi connectivity index (χ0v) is 9.41. The van der Waals surface area contributed by atoms with Gasteiger partial charge < -0.3 is 4.74 Å². The SMILES string of the molecule is C1=C(c2ccccc2)Sc2ccccc2O1. The molecule has 2 aromatic carbocycles. The Morgan fingerprint density at radius 1 is 0.812 bits per heavy atom. The predicted octanol–water partition coefficient (Wildman–Crippen LogP) is 4.17. The van der Waals surface area contributed by atoms with E-state index in [1.807, 2.05) is 42.7 Å². The molecule has 0 radical (unpaired) electrons. The maximum atomic E-state index is 5.61. The summed E-state index contributed by atoms with van der Waals surface area (Å²) in [6, 6.07) is 18.4. The first kappa shape index (κ1) is 9.55. The molecule has 0 saturated heterocycles. The van der Waals surface area contributed by atoms with E-state index >= 15 is 0 Å². The maximum Gasteiger partial charge on any atom is 0.140 e. The third-order valence-electron chi connectivity index (χ3n) is 2.42. The monoisotopic (exact) mass is 226 g/mol. The van der Waals surface area contributed by atoms with Gasteiger partial charge in [0, 0.05) is 0 Å². The third-order valence-corrected chi connectivity index (χ3v) is 3.53. The zero-order chi connectivity index (χ0) is 10.8. The Labute approximate surface area is 98.8 Å². The normalized spacial score (nSPS) is 13.6. The van der Waals surface area contributed by atoms with E-state index in [2.05, 4.69) is 18.2 Å². The molecule has 0 fully saturated rings. The first-order valence-corrected chi connectivity index (χ1v) is 5.94. The van der Waals surface area contributed by atoms with Crippen molar-refractivity contribution in [2.24, 2.45) is 0 Å². The minimum Gasteiger partial charge on any atom is -0.463 e. The van der Waals surface area contributed by atoms with Crippen LogP contribution in [-0.2, 0) is 0 Å². The summed E-state index contributed by atoms with van der Waals surface area (Å²) < 4.78 is 5.61. The van der Waals surface area contributed by atoms with Crippen LogP contribution in [0.15, 0.2) is 65.8 Å². The summed E-state index contributed by atoms with van der Waals surface area (Å²) in [6.45, 7) is 0. The second kappa shape index (κ2) is 4.06. The van der Waals surface area contributed by atoms with Crippen molar-refractivity contribution in [3.05, 3.63) is 66.4 Å². The van der Waals surface area contributed by atoms with Crippen molar-refractivity contribution < 1.29 is 4.74 Å². The van der Waals surface area contributed by atoms with E-state index in [9.17, 15) is 0 Å². The molecule has 1 aliphatic rings. The Balaban J connectivity index is 1.95. The highest BCUT2D eigenvalue weighted by Crippen LogP contribution is 2.42. The molecule has 0 aromatic heterocycles. The molecule has 0 N–H and O–H groups in total. The Morgan fingerprint density at radius 2 is 1.56 bits per heavy atom. The van der Waals surface area contributed by atoms with E-state index in [1.165, 1.54) is 10.5 Å². The summed E-state index contributed by atoms with van der Waals surface area (Å²) in [6.07, 6.45) is 1.82. The lowest BCUT2D eigenvalue weighted by molar-refractivity contribution is 0.470. The van der Waals surface area contributed by atoms with Crippen molar-refractivity contribution in [2.75, 3.05) is 0 Å². The minimum absolute atomic E-state index is 0.937. The minimum atomic E-state index is 0.937. The molecule has 0 amide bonds. The molecule has 2 heteroatoms. The summed E-state index contributed by atoms with van der Waals surface area (Å²) in [5, 5.41) is 0. The Hall–Kier alpha value is -1.67. The maximum absolute atomic E-state index is 5.61. The fraction of sp³-hybridized carbons (Fsp3) is 0. The number of fused-ring (bicyclic) bond motifs is 1. The molecule has 0 unspecified atom stereocenters. The van der Waals surface area contributed by atoms with Crippen LogP contribution in [0.25, 0.3) is 4.91 Å². The first-order valence-electron chi connectivity index (χ1n) is 5.12. The standard InChI is InChI=1S/C14H10OS/c1-2-6-11(7-3-1)14-10-15-12-8-4-5-9-13(12)16-14/h1-10H. The van der Waals surface area contributed by atoms with Crippen LogP contribution in [-0.4, -0.2) is 0 Å². The second-order valence-electron chi connectivity index (χ2n) is 3.51. The highest BCUT2D eigenvalue weighted by atomic mass is 32.2. The molecule has 78 valence electrons. The fourth-order valence-electron chi connectivity index (χ4n) is 1.62. The second-order valence-corrected chi connectivity index (χ2v) is 4.60. The first-order chi connectivity index (χ1) is 7.93. The zero-order valence-electron chi connectivity index (χ0n) is 8.59. The number of benzene rings is 2. The van der Waals surface area contributed by atoms with Crippen molar-refractivity contribution in [1.29, 1.82) is 0 Å². The van der Waals surface area contributed by atoms with Gasteiger partial charge in [-0.25, -0.2) is 0 Å². The summed E-state index contributed by atoms with van der Waals surface area (Å²) in [4.78, 5) is 2.32. The Morgan fingerprint density at radius 3 is 2.44 bits per heavy atom. The number of ether oxygens (including phenoxy) is 1. The molecule has 0 spiro atoms. The van der Waals surface area contributed by atoms with Crippen LogP contribution in [0.3, 0.4) is 0 Å². The number of rotatable bonds is 1. The van der Waals surface area contributed by atoms with Gasteiger partial charge in [-0.2, -0.15) is 0 Å². The summed E-state index contributed by atoms with van der Waals surface area (Å²) >= 11 is 1.75. The van der Waals surface area contributed by atoms with Gasteiger partial charge >= 0.3 is 0 Å². The quantitative estimate of drug-likeness (QED) is 0.721.